The predicted octanol–water partition coefficient (Wildman–Crippen LogP) is 2.59. The molecule has 27 heavy (non-hydrogen) atoms. The molecule has 0 amide bonds. The summed E-state index contributed by atoms with van der Waals surface area (Å²) in [4.78, 5) is 16.4. The summed E-state index contributed by atoms with van der Waals surface area (Å²) in [5, 5.41) is 7.32. The van der Waals surface area contributed by atoms with Crippen molar-refractivity contribution in [1.29, 1.82) is 0 Å². The summed E-state index contributed by atoms with van der Waals surface area (Å²) in [6.07, 6.45) is 0.473. The minimum absolute atomic E-state index is 0.170. The Balaban J connectivity index is 1.64. The highest BCUT2D eigenvalue weighted by atomic mass is 19.4. The van der Waals surface area contributed by atoms with Gasteiger partial charge in [-0.3, -0.25) is 4.79 Å². The Morgan fingerprint density at radius 3 is 2.85 bits per heavy atom. The summed E-state index contributed by atoms with van der Waals surface area (Å²) < 4.78 is 46.5. The fraction of sp³-hybridized carbons (Fsp3) is 0.500. The van der Waals surface area contributed by atoms with E-state index in [1.165, 1.54) is 16.9 Å². The van der Waals surface area contributed by atoms with E-state index in [2.05, 4.69) is 15.4 Å². The molecule has 0 bridgehead atoms. The molecule has 6 nitrogen and oxygen atoms in total. The highest BCUT2D eigenvalue weighted by Crippen LogP contribution is 2.34. The van der Waals surface area contributed by atoms with Gasteiger partial charge in [-0.25, -0.2) is 9.67 Å². The minimum Gasteiger partial charge on any atom is -0.377 e. The van der Waals surface area contributed by atoms with Crippen molar-refractivity contribution < 1.29 is 17.9 Å². The molecule has 2 aromatic heterocycles. The lowest BCUT2D eigenvalue weighted by Crippen LogP contribution is -2.38. The molecule has 2 unspecified atom stereocenters. The zero-order valence-corrected chi connectivity index (χ0v) is 14.5. The van der Waals surface area contributed by atoms with E-state index < -0.39 is 23.8 Å². The van der Waals surface area contributed by atoms with E-state index in [1.54, 1.807) is 6.07 Å². The van der Waals surface area contributed by atoms with Gasteiger partial charge >= 0.3 is 6.18 Å². The van der Waals surface area contributed by atoms with Gasteiger partial charge in [0, 0.05) is 12.3 Å². The number of hydrogen-bond acceptors (Lipinski definition) is 5. The van der Waals surface area contributed by atoms with Crippen LogP contribution in [0.4, 0.5) is 19.0 Å². The molecular weight excluding hydrogens is 361 g/mol. The van der Waals surface area contributed by atoms with Gasteiger partial charge in [0.05, 0.1) is 30.5 Å². The largest absolute Gasteiger partial charge is 0.419 e. The molecule has 9 heteroatoms. The average Bonchev–Trinajstić information content (AvgIpc) is 3.08. The number of fused-ring (bicyclic) bond motifs is 1. The fourth-order valence-electron chi connectivity index (χ4n) is 3.66. The van der Waals surface area contributed by atoms with Gasteiger partial charge in [-0.1, -0.05) is 0 Å². The van der Waals surface area contributed by atoms with Crippen molar-refractivity contribution in [3.05, 3.63) is 51.6 Å². The number of rotatable bonds is 3. The molecule has 2 aliphatic rings. The first-order chi connectivity index (χ1) is 12.9. The van der Waals surface area contributed by atoms with Crippen LogP contribution in [0.15, 0.2) is 29.2 Å². The van der Waals surface area contributed by atoms with Crippen LogP contribution in [-0.4, -0.2) is 34.0 Å². The lowest BCUT2D eigenvalue weighted by molar-refractivity contribution is -0.137. The summed E-state index contributed by atoms with van der Waals surface area (Å²) in [5.74, 6) is -0.267. The SMILES string of the molecule is O=c1cc2c(nn1C1COCC1Nc1ncccc1C(F)(F)F)CCCC2. The second-order valence-electron chi connectivity index (χ2n) is 6.86. The number of nitrogens with zero attached hydrogens (tertiary/aromatic N) is 3. The summed E-state index contributed by atoms with van der Waals surface area (Å²) in [7, 11) is 0. The van der Waals surface area contributed by atoms with Gasteiger partial charge in [-0.05, 0) is 43.4 Å². The molecular formula is C18H19F3N4O2. The molecule has 3 heterocycles. The molecule has 1 N–H and O–H groups in total. The third kappa shape index (κ3) is 3.55. The second-order valence-corrected chi connectivity index (χ2v) is 6.86. The zero-order valence-electron chi connectivity index (χ0n) is 14.5. The van der Waals surface area contributed by atoms with Gasteiger partial charge in [0.2, 0.25) is 0 Å². The molecule has 144 valence electrons. The number of aryl methyl sites for hydroxylation is 2. The Bertz CT molecular complexity index is 897. The highest BCUT2D eigenvalue weighted by Gasteiger charge is 2.37. The van der Waals surface area contributed by atoms with Crippen molar-refractivity contribution in [2.75, 3.05) is 18.5 Å². The maximum Gasteiger partial charge on any atom is 0.419 e. The molecule has 0 aromatic carbocycles. The lowest BCUT2D eigenvalue weighted by atomic mass is 9.97. The first-order valence-electron chi connectivity index (χ1n) is 8.91. The van der Waals surface area contributed by atoms with Gasteiger partial charge in [-0.2, -0.15) is 18.3 Å². The Labute approximate surface area is 153 Å². The third-order valence-electron chi connectivity index (χ3n) is 5.03. The number of nitrogens with one attached hydrogen (secondary N) is 1. The van der Waals surface area contributed by atoms with Crippen molar-refractivity contribution in [2.24, 2.45) is 0 Å². The molecule has 0 radical (unpaired) electrons. The van der Waals surface area contributed by atoms with Crippen LogP contribution >= 0.6 is 0 Å². The van der Waals surface area contributed by atoms with Crippen LogP contribution in [0.2, 0.25) is 0 Å². The number of anilines is 1. The maximum atomic E-state index is 13.2. The van der Waals surface area contributed by atoms with E-state index in [-0.39, 0.29) is 24.6 Å². The molecule has 0 saturated carbocycles. The van der Waals surface area contributed by atoms with Crippen molar-refractivity contribution >= 4 is 5.82 Å². The van der Waals surface area contributed by atoms with E-state index >= 15 is 0 Å². The number of hydrogen-bond donors (Lipinski definition) is 1. The van der Waals surface area contributed by atoms with Crippen LogP contribution in [0.1, 0.15) is 35.7 Å². The van der Waals surface area contributed by atoms with Crippen LogP contribution in [0, 0.1) is 0 Å². The highest BCUT2D eigenvalue weighted by molar-refractivity contribution is 5.46. The Hall–Kier alpha value is -2.42. The Kier molecular flexibility index (Phi) is 4.63. The number of ether oxygens (including phenoxy) is 1. The number of aromatic nitrogens is 3. The van der Waals surface area contributed by atoms with Gasteiger partial charge < -0.3 is 10.1 Å². The minimum atomic E-state index is -4.52. The molecule has 2 atom stereocenters. The van der Waals surface area contributed by atoms with E-state index in [4.69, 9.17) is 4.74 Å². The molecule has 1 aliphatic carbocycles. The summed E-state index contributed by atoms with van der Waals surface area (Å²) in [6, 6.07) is 2.79. The average molecular weight is 380 g/mol. The van der Waals surface area contributed by atoms with Crippen LogP contribution in [-0.2, 0) is 23.8 Å². The number of halogens is 3. The summed E-state index contributed by atoms with van der Waals surface area (Å²) in [6.45, 7) is 0.376. The third-order valence-corrected chi connectivity index (χ3v) is 5.03. The molecule has 1 aliphatic heterocycles. The molecule has 1 saturated heterocycles. The fourth-order valence-corrected chi connectivity index (χ4v) is 3.66. The van der Waals surface area contributed by atoms with Crippen molar-refractivity contribution in [1.82, 2.24) is 14.8 Å². The van der Waals surface area contributed by atoms with Gasteiger partial charge in [0.25, 0.3) is 5.56 Å². The van der Waals surface area contributed by atoms with Crippen molar-refractivity contribution in [2.45, 2.75) is 43.9 Å². The topological polar surface area (TPSA) is 69.0 Å². The van der Waals surface area contributed by atoms with Crippen LogP contribution in [0.5, 0.6) is 0 Å². The van der Waals surface area contributed by atoms with E-state index in [9.17, 15) is 18.0 Å². The molecule has 4 rings (SSSR count). The summed E-state index contributed by atoms with van der Waals surface area (Å²) >= 11 is 0. The Morgan fingerprint density at radius 1 is 1.22 bits per heavy atom. The van der Waals surface area contributed by atoms with E-state index in [0.29, 0.717) is 0 Å². The van der Waals surface area contributed by atoms with Crippen LogP contribution in [0.3, 0.4) is 0 Å². The zero-order chi connectivity index (χ0) is 19.0. The molecule has 1 fully saturated rings. The predicted molar refractivity (Wildman–Crippen MR) is 91.6 cm³/mol. The first-order valence-corrected chi connectivity index (χ1v) is 8.91. The van der Waals surface area contributed by atoms with Crippen LogP contribution in [0.25, 0.3) is 0 Å². The lowest BCUT2D eigenvalue weighted by Gasteiger charge is -2.24. The van der Waals surface area contributed by atoms with Crippen LogP contribution < -0.4 is 10.9 Å². The van der Waals surface area contributed by atoms with Gasteiger partial charge in [0.15, 0.2) is 0 Å². The first kappa shape index (κ1) is 18.0. The smallest absolute Gasteiger partial charge is 0.377 e. The van der Waals surface area contributed by atoms with E-state index in [1.807, 2.05) is 0 Å². The normalized spacial score (nSPS) is 22.5. The quantitative estimate of drug-likeness (QED) is 0.887. The second kappa shape index (κ2) is 6.95. The standard InChI is InChI=1S/C18H19F3N4O2/c19-18(20,21)12-5-3-7-22-17(12)23-14-9-27-10-15(14)25-16(26)8-11-4-1-2-6-13(11)24-25/h3,5,7-8,14-15H,1-2,4,6,9-10H2,(H,22,23). The Morgan fingerprint density at radius 2 is 2.04 bits per heavy atom. The van der Waals surface area contributed by atoms with E-state index in [0.717, 1.165) is 43.0 Å². The molecule has 0 spiro atoms. The molecule has 2 aromatic rings. The number of alkyl halides is 3. The van der Waals surface area contributed by atoms with Crippen molar-refractivity contribution in [3.8, 4) is 0 Å². The van der Waals surface area contributed by atoms with Gasteiger partial charge in [-0.15, -0.1) is 0 Å². The maximum absolute atomic E-state index is 13.2. The summed E-state index contributed by atoms with van der Waals surface area (Å²) in [5.41, 5.74) is 0.756. The number of pyridine rings is 1. The monoisotopic (exact) mass is 380 g/mol. The van der Waals surface area contributed by atoms with Gasteiger partial charge in [0.1, 0.15) is 11.9 Å². The van der Waals surface area contributed by atoms with Crippen molar-refractivity contribution in [3.63, 3.8) is 0 Å².